The lowest BCUT2D eigenvalue weighted by Gasteiger charge is -2.08. The molecule has 1 aromatic carbocycles. The van der Waals surface area contributed by atoms with Crippen LogP contribution in [0.1, 0.15) is 36.4 Å². The van der Waals surface area contributed by atoms with Gasteiger partial charge in [0.2, 0.25) is 5.91 Å². The zero-order valence-electron chi connectivity index (χ0n) is 16.0. The predicted molar refractivity (Wildman–Crippen MR) is 109 cm³/mol. The number of amides is 1. The SMILES string of the molecule is Cc1nn(CC(C)C)c(C)c1CC(=O)NCCc1csc2ccccc12. The number of hydrogen-bond donors (Lipinski definition) is 1. The molecule has 3 rings (SSSR count). The predicted octanol–water partition coefficient (Wildman–Crippen LogP) is 4.27. The maximum atomic E-state index is 12.4. The molecule has 1 N–H and O–H groups in total. The Kier molecular flexibility index (Phi) is 5.77. The fourth-order valence-corrected chi connectivity index (χ4v) is 4.30. The summed E-state index contributed by atoms with van der Waals surface area (Å²) in [4.78, 5) is 12.4. The van der Waals surface area contributed by atoms with E-state index in [0.717, 1.165) is 29.9 Å². The molecule has 2 heterocycles. The lowest BCUT2D eigenvalue weighted by atomic mass is 10.1. The van der Waals surface area contributed by atoms with Crippen LogP contribution in [0.15, 0.2) is 29.6 Å². The Morgan fingerprint density at radius 2 is 2.04 bits per heavy atom. The molecular weight excluding hydrogens is 342 g/mol. The quantitative estimate of drug-likeness (QED) is 0.676. The number of nitrogens with zero attached hydrogens (tertiary/aromatic N) is 2. The molecule has 0 aliphatic carbocycles. The Hall–Kier alpha value is -2.14. The van der Waals surface area contributed by atoms with Crippen LogP contribution in [0.5, 0.6) is 0 Å². The third kappa shape index (κ3) is 4.15. The first-order valence-electron chi connectivity index (χ1n) is 9.20. The van der Waals surface area contributed by atoms with Gasteiger partial charge in [-0.3, -0.25) is 9.48 Å². The molecular formula is C21H27N3OS. The lowest BCUT2D eigenvalue weighted by Crippen LogP contribution is -2.27. The molecule has 138 valence electrons. The maximum Gasteiger partial charge on any atom is 0.224 e. The summed E-state index contributed by atoms with van der Waals surface area (Å²) in [5.41, 5.74) is 4.43. The largest absolute Gasteiger partial charge is 0.355 e. The number of hydrogen-bond acceptors (Lipinski definition) is 3. The third-order valence-corrected chi connectivity index (χ3v) is 5.70. The van der Waals surface area contributed by atoms with Gasteiger partial charge in [0.05, 0.1) is 12.1 Å². The van der Waals surface area contributed by atoms with Gasteiger partial charge in [0, 0.05) is 29.0 Å². The smallest absolute Gasteiger partial charge is 0.224 e. The number of carbonyl (C=O) groups excluding carboxylic acids is 1. The summed E-state index contributed by atoms with van der Waals surface area (Å²) in [5.74, 6) is 0.606. The molecule has 0 spiro atoms. The zero-order valence-corrected chi connectivity index (χ0v) is 16.8. The number of aromatic nitrogens is 2. The highest BCUT2D eigenvalue weighted by atomic mass is 32.1. The molecule has 5 heteroatoms. The van der Waals surface area contributed by atoms with Gasteiger partial charge in [0.1, 0.15) is 0 Å². The van der Waals surface area contributed by atoms with Crippen molar-refractivity contribution in [2.45, 2.75) is 47.1 Å². The molecule has 4 nitrogen and oxygen atoms in total. The number of rotatable bonds is 7. The van der Waals surface area contributed by atoms with E-state index in [1.165, 1.54) is 15.6 Å². The van der Waals surface area contributed by atoms with Gasteiger partial charge in [0.25, 0.3) is 0 Å². The third-order valence-electron chi connectivity index (χ3n) is 4.68. The van der Waals surface area contributed by atoms with Crippen LogP contribution >= 0.6 is 11.3 Å². The first kappa shape index (κ1) is 18.6. The first-order chi connectivity index (χ1) is 12.5. The van der Waals surface area contributed by atoms with Gasteiger partial charge in [-0.25, -0.2) is 0 Å². The van der Waals surface area contributed by atoms with Gasteiger partial charge in [-0.1, -0.05) is 32.0 Å². The molecule has 0 saturated carbocycles. The average Bonchev–Trinajstić information content (AvgIpc) is 3.11. The molecule has 0 aliphatic heterocycles. The Balaban J connectivity index is 1.57. The van der Waals surface area contributed by atoms with Crippen LogP contribution in [-0.2, 0) is 24.2 Å². The van der Waals surface area contributed by atoms with Gasteiger partial charge in [-0.15, -0.1) is 11.3 Å². The Morgan fingerprint density at radius 3 is 2.81 bits per heavy atom. The molecule has 0 radical (unpaired) electrons. The van der Waals surface area contributed by atoms with Crippen molar-refractivity contribution in [2.24, 2.45) is 5.92 Å². The summed E-state index contributed by atoms with van der Waals surface area (Å²) in [6.45, 7) is 9.96. The van der Waals surface area contributed by atoms with Crippen molar-refractivity contribution in [1.82, 2.24) is 15.1 Å². The summed E-state index contributed by atoms with van der Waals surface area (Å²) in [7, 11) is 0. The first-order valence-corrected chi connectivity index (χ1v) is 10.1. The van der Waals surface area contributed by atoms with Crippen LogP contribution in [-0.4, -0.2) is 22.2 Å². The average molecular weight is 370 g/mol. The number of nitrogens with one attached hydrogen (secondary N) is 1. The molecule has 0 bridgehead atoms. The molecule has 2 aromatic heterocycles. The summed E-state index contributed by atoms with van der Waals surface area (Å²) in [6, 6.07) is 8.42. The molecule has 0 atom stereocenters. The number of carbonyl (C=O) groups is 1. The highest BCUT2D eigenvalue weighted by Crippen LogP contribution is 2.25. The number of thiophene rings is 1. The minimum Gasteiger partial charge on any atom is -0.355 e. The maximum absolute atomic E-state index is 12.4. The van der Waals surface area contributed by atoms with Crippen LogP contribution in [0.3, 0.4) is 0 Å². The Morgan fingerprint density at radius 1 is 1.27 bits per heavy atom. The minimum atomic E-state index is 0.0693. The summed E-state index contributed by atoms with van der Waals surface area (Å²) in [5, 5.41) is 11.2. The van der Waals surface area contributed by atoms with E-state index in [1.807, 2.05) is 11.6 Å². The van der Waals surface area contributed by atoms with Crippen molar-refractivity contribution in [3.8, 4) is 0 Å². The van der Waals surface area contributed by atoms with Crippen LogP contribution in [0.25, 0.3) is 10.1 Å². The molecule has 0 saturated heterocycles. The summed E-state index contributed by atoms with van der Waals surface area (Å²) < 4.78 is 3.33. The molecule has 26 heavy (non-hydrogen) atoms. The molecule has 3 aromatic rings. The topological polar surface area (TPSA) is 46.9 Å². The van der Waals surface area contributed by atoms with E-state index in [2.05, 4.69) is 60.8 Å². The van der Waals surface area contributed by atoms with Gasteiger partial charge in [0.15, 0.2) is 0 Å². The normalized spacial score (nSPS) is 11.4. The fourth-order valence-electron chi connectivity index (χ4n) is 3.30. The van der Waals surface area contributed by atoms with Crippen LogP contribution in [0, 0.1) is 19.8 Å². The van der Waals surface area contributed by atoms with Crippen LogP contribution in [0.2, 0.25) is 0 Å². The second-order valence-corrected chi connectivity index (χ2v) is 8.17. The van der Waals surface area contributed by atoms with E-state index < -0.39 is 0 Å². The van der Waals surface area contributed by atoms with Gasteiger partial charge in [-0.05, 0) is 48.6 Å². The summed E-state index contributed by atoms with van der Waals surface area (Å²) >= 11 is 1.76. The van der Waals surface area contributed by atoms with Gasteiger partial charge in [-0.2, -0.15) is 5.10 Å². The number of aryl methyl sites for hydroxylation is 1. The second-order valence-electron chi connectivity index (χ2n) is 7.26. The van der Waals surface area contributed by atoms with Crippen LogP contribution in [0.4, 0.5) is 0 Å². The van der Waals surface area contributed by atoms with Gasteiger partial charge >= 0.3 is 0 Å². The molecule has 0 aliphatic rings. The van der Waals surface area contributed by atoms with E-state index in [-0.39, 0.29) is 5.91 Å². The van der Waals surface area contributed by atoms with Crippen molar-refractivity contribution >= 4 is 27.3 Å². The van der Waals surface area contributed by atoms with Crippen LogP contribution < -0.4 is 5.32 Å². The summed E-state index contributed by atoms with van der Waals surface area (Å²) in [6.07, 6.45) is 1.26. The monoisotopic (exact) mass is 369 g/mol. The molecule has 0 unspecified atom stereocenters. The van der Waals surface area contributed by atoms with E-state index >= 15 is 0 Å². The zero-order chi connectivity index (χ0) is 18.7. The number of benzene rings is 1. The second kappa shape index (κ2) is 8.04. The highest BCUT2D eigenvalue weighted by molar-refractivity contribution is 7.17. The lowest BCUT2D eigenvalue weighted by molar-refractivity contribution is -0.120. The van der Waals surface area contributed by atoms with E-state index in [0.29, 0.717) is 18.9 Å². The number of fused-ring (bicyclic) bond motifs is 1. The molecule has 1 amide bonds. The molecule has 0 fully saturated rings. The van der Waals surface area contributed by atoms with Crippen molar-refractivity contribution in [2.75, 3.05) is 6.54 Å². The van der Waals surface area contributed by atoms with Crippen molar-refractivity contribution < 1.29 is 4.79 Å². The van der Waals surface area contributed by atoms with Crippen molar-refractivity contribution in [3.05, 3.63) is 52.2 Å². The Labute approximate surface area is 159 Å². The van der Waals surface area contributed by atoms with Crippen molar-refractivity contribution in [3.63, 3.8) is 0 Å². The highest BCUT2D eigenvalue weighted by Gasteiger charge is 2.15. The van der Waals surface area contributed by atoms with Gasteiger partial charge < -0.3 is 5.32 Å². The van der Waals surface area contributed by atoms with E-state index in [9.17, 15) is 4.79 Å². The fraction of sp³-hybridized carbons (Fsp3) is 0.429. The van der Waals surface area contributed by atoms with E-state index in [1.54, 1.807) is 11.3 Å². The Bertz CT molecular complexity index is 907. The minimum absolute atomic E-state index is 0.0693. The standard InChI is InChI=1S/C21H27N3OS/c1-14(2)12-24-16(4)19(15(3)23-24)11-21(25)22-10-9-17-13-26-20-8-6-5-7-18(17)20/h5-8,13-14H,9-12H2,1-4H3,(H,22,25). The van der Waals surface area contributed by atoms with E-state index in [4.69, 9.17) is 0 Å². The van der Waals surface area contributed by atoms with Crippen molar-refractivity contribution in [1.29, 1.82) is 0 Å².